The highest BCUT2D eigenvalue weighted by atomic mass is 16.5. The predicted molar refractivity (Wildman–Crippen MR) is 81.7 cm³/mol. The summed E-state index contributed by atoms with van der Waals surface area (Å²) in [7, 11) is 0. The zero-order chi connectivity index (χ0) is 14.0. The molecular weight excluding hydrogens is 260 g/mol. The third-order valence-electron chi connectivity index (χ3n) is 6.19. The van der Waals surface area contributed by atoms with Crippen molar-refractivity contribution in [2.75, 3.05) is 0 Å². The van der Waals surface area contributed by atoms with Crippen LogP contribution in [0.5, 0.6) is 0 Å². The molecular formula is C19H24O2. The average Bonchev–Trinajstić information content (AvgIpc) is 3.26. The number of aryl methyl sites for hydroxylation is 1. The quantitative estimate of drug-likeness (QED) is 0.815. The molecule has 5 rings (SSSR count). The van der Waals surface area contributed by atoms with Crippen LogP contribution in [-0.2, 0) is 9.47 Å². The molecule has 2 heteroatoms. The maximum absolute atomic E-state index is 6.07. The third-order valence-corrected chi connectivity index (χ3v) is 6.19. The van der Waals surface area contributed by atoms with Crippen molar-refractivity contribution in [2.24, 2.45) is 0 Å². The van der Waals surface area contributed by atoms with E-state index in [1.54, 1.807) is 0 Å². The molecule has 6 atom stereocenters. The lowest BCUT2D eigenvalue weighted by atomic mass is 9.79. The molecule has 4 heterocycles. The van der Waals surface area contributed by atoms with Crippen LogP contribution in [0.3, 0.4) is 0 Å². The second kappa shape index (κ2) is 4.57. The number of hydrogen-bond donors (Lipinski definition) is 0. The first-order valence-corrected chi connectivity index (χ1v) is 8.68. The third kappa shape index (κ3) is 1.99. The van der Waals surface area contributed by atoms with Gasteiger partial charge in [0.1, 0.15) is 0 Å². The van der Waals surface area contributed by atoms with Crippen molar-refractivity contribution in [1.82, 2.24) is 0 Å². The number of benzene rings is 1. The molecule has 0 saturated carbocycles. The summed E-state index contributed by atoms with van der Waals surface area (Å²) < 4.78 is 12.1. The molecule has 0 spiro atoms. The molecule has 1 aromatic rings. The molecule has 0 aliphatic carbocycles. The molecule has 0 aromatic heterocycles. The number of rotatable bonds is 2. The lowest BCUT2D eigenvalue weighted by molar-refractivity contribution is 0.100. The second-order valence-electron chi connectivity index (χ2n) is 7.61. The smallest absolute Gasteiger partial charge is 0.0649 e. The van der Waals surface area contributed by atoms with Crippen LogP contribution in [-0.4, -0.2) is 24.4 Å². The summed E-state index contributed by atoms with van der Waals surface area (Å²) in [6.45, 7) is 2.25. The largest absolute Gasteiger partial charge is 0.374 e. The summed E-state index contributed by atoms with van der Waals surface area (Å²) in [6, 6.07) is 7.27. The van der Waals surface area contributed by atoms with Crippen LogP contribution < -0.4 is 0 Å². The second-order valence-corrected chi connectivity index (χ2v) is 7.61. The average molecular weight is 284 g/mol. The Bertz CT molecular complexity index is 520. The van der Waals surface area contributed by atoms with Crippen LogP contribution in [0.1, 0.15) is 67.1 Å². The van der Waals surface area contributed by atoms with E-state index in [1.165, 1.54) is 55.2 Å². The van der Waals surface area contributed by atoms with E-state index in [9.17, 15) is 0 Å². The molecule has 0 amide bonds. The zero-order valence-corrected chi connectivity index (χ0v) is 12.8. The van der Waals surface area contributed by atoms with Crippen LogP contribution in [0.2, 0.25) is 0 Å². The van der Waals surface area contributed by atoms with Gasteiger partial charge in [-0.1, -0.05) is 23.8 Å². The highest BCUT2D eigenvalue weighted by Gasteiger charge is 2.43. The first-order valence-electron chi connectivity index (χ1n) is 8.68. The van der Waals surface area contributed by atoms with E-state index in [-0.39, 0.29) is 0 Å². The fourth-order valence-electron chi connectivity index (χ4n) is 5.25. The SMILES string of the molecule is Cc1cc(C2CC3CCC2O3)cc(C2CC3CCC2O3)c1. The molecule has 1 aromatic carbocycles. The van der Waals surface area contributed by atoms with E-state index in [0.717, 1.165) is 0 Å². The monoisotopic (exact) mass is 284 g/mol. The molecule has 0 radical (unpaired) electrons. The van der Waals surface area contributed by atoms with E-state index in [2.05, 4.69) is 25.1 Å². The lowest BCUT2D eigenvalue weighted by Gasteiger charge is -2.24. The minimum absolute atomic E-state index is 0.487. The van der Waals surface area contributed by atoms with Crippen molar-refractivity contribution >= 4 is 0 Å². The molecule has 6 unspecified atom stereocenters. The Morgan fingerprint density at radius 2 is 1.29 bits per heavy atom. The van der Waals surface area contributed by atoms with Gasteiger partial charge in [0.15, 0.2) is 0 Å². The van der Waals surface area contributed by atoms with Gasteiger partial charge in [-0.05, 0) is 56.6 Å². The van der Waals surface area contributed by atoms with Crippen molar-refractivity contribution in [3.05, 3.63) is 34.9 Å². The van der Waals surface area contributed by atoms with Gasteiger partial charge in [-0.3, -0.25) is 0 Å². The van der Waals surface area contributed by atoms with Gasteiger partial charge in [0.05, 0.1) is 24.4 Å². The van der Waals surface area contributed by atoms with Gasteiger partial charge in [0.25, 0.3) is 0 Å². The summed E-state index contributed by atoms with van der Waals surface area (Å²) in [4.78, 5) is 0. The fraction of sp³-hybridized carbons (Fsp3) is 0.684. The first-order chi connectivity index (χ1) is 10.3. The summed E-state index contributed by atoms with van der Waals surface area (Å²) in [5, 5.41) is 0. The standard InChI is InChI=1S/C19H24O2/c1-11-6-12(16-9-14-2-4-18(16)20-14)8-13(7-11)17-10-15-3-5-19(17)21-15/h6-8,14-19H,2-5,9-10H2,1H3. The van der Waals surface area contributed by atoms with Gasteiger partial charge in [-0.15, -0.1) is 0 Å². The summed E-state index contributed by atoms with van der Waals surface area (Å²) in [6.07, 6.45) is 9.60. The van der Waals surface area contributed by atoms with Gasteiger partial charge in [-0.2, -0.15) is 0 Å². The van der Waals surface area contributed by atoms with Crippen LogP contribution in [0.25, 0.3) is 0 Å². The molecule has 21 heavy (non-hydrogen) atoms. The first kappa shape index (κ1) is 12.7. The van der Waals surface area contributed by atoms with Crippen molar-refractivity contribution in [1.29, 1.82) is 0 Å². The summed E-state index contributed by atoms with van der Waals surface area (Å²) in [5.74, 6) is 1.28. The zero-order valence-electron chi connectivity index (χ0n) is 12.8. The molecule has 112 valence electrons. The van der Waals surface area contributed by atoms with Gasteiger partial charge in [0, 0.05) is 11.8 Å². The molecule has 4 bridgehead atoms. The lowest BCUT2D eigenvalue weighted by Crippen LogP contribution is -2.17. The van der Waals surface area contributed by atoms with E-state index in [1.807, 2.05) is 0 Å². The molecule has 4 saturated heterocycles. The van der Waals surface area contributed by atoms with E-state index in [0.29, 0.717) is 36.3 Å². The van der Waals surface area contributed by atoms with Crippen LogP contribution >= 0.6 is 0 Å². The maximum Gasteiger partial charge on any atom is 0.0649 e. The highest BCUT2D eigenvalue weighted by molar-refractivity contribution is 5.36. The number of ether oxygens (including phenoxy) is 2. The molecule has 4 aliphatic heterocycles. The van der Waals surface area contributed by atoms with Gasteiger partial charge < -0.3 is 9.47 Å². The normalized spacial score (nSPS) is 43.9. The van der Waals surface area contributed by atoms with Crippen LogP contribution in [0, 0.1) is 6.92 Å². The minimum atomic E-state index is 0.487. The Balaban J connectivity index is 1.47. The number of hydrogen-bond acceptors (Lipinski definition) is 2. The number of fused-ring (bicyclic) bond motifs is 4. The van der Waals surface area contributed by atoms with Crippen LogP contribution in [0.15, 0.2) is 18.2 Å². The van der Waals surface area contributed by atoms with Gasteiger partial charge >= 0.3 is 0 Å². The Labute approximate surface area is 126 Å². The molecule has 4 fully saturated rings. The Kier molecular flexibility index (Phi) is 2.75. The van der Waals surface area contributed by atoms with Crippen LogP contribution in [0.4, 0.5) is 0 Å². The van der Waals surface area contributed by atoms with E-state index in [4.69, 9.17) is 9.47 Å². The van der Waals surface area contributed by atoms with Crippen molar-refractivity contribution in [3.63, 3.8) is 0 Å². The Morgan fingerprint density at radius 3 is 1.67 bits per heavy atom. The topological polar surface area (TPSA) is 18.5 Å². The summed E-state index contributed by atoms with van der Waals surface area (Å²) >= 11 is 0. The Morgan fingerprint density at radius 1 is 0.762 bits per heavy atom. The van der Waals surface area contributed by atoms with Crippen molar-refractivity contribution in [2.45, 2.75) is 81.7 Å². The molecule has 2 nitrogen and oxygen atoms in total. The molecule has 0 N–H and O–H groups in total. The summed E-state index contributed by atoms with van der Waals surface area (Å²) in [5.41, 5.74) is 4.47. The van der Waals surface area contributed by atoms with Gasteiger partial charge in [-0.25, -0.2) is 0 Å². The minimum Gasteiger partial charge on any atom is -0.374 e. The van der Waals surface area contributed by atoms with Crippen molar-refractivity contribution < 1.29 is 9.47 Å². The van der Waals surface area contributed by atoms with Crippen molar-refractivity contribution in [3.8, 4) is 0 Å². The maximum atomic E-state index is 6.07. The van der Waals surface area contributed by atoms with E-state index >= 15 is 0 Å². The predicted octanol–water partition coefficient (Wildman–Crippen LogP) is 4.06. The van der Waals surface area contributed by atoms with E-state index < -0.39 is 0 Å². The Hall–Kier alpha value is -0.860. The molecule has 4 aliphatic rings. The fourth-order valence-corrected chi connectivity index (χ4v) is 5.25. The highest BCUT2D eigenvalue weighted by Crippen LogP contribution is 2.47. The van der Waals surface area contributed by atoms with Gasteiger partial charge in [0.2, 0.25) is 0 Å².